The van der Waals surface area contributed by atoms with Crippen LogP contribution in [0.1, 0.15) is 25.7 Å². The van der Waals surface area contributed by atoms with Gasteiger partial charge in [0.25, 0.3) is 0 Å². The molecule has 1 aliphatic heterocycles. The maximum Gasteiger partial charge on any atom is 0.407 e. The highest BCUT2D eigenvalue weighted by Crippen LogP contribution is 2.42. The molecule has 1 saturated carbocycles. The first-order valence-corrected chi connectivity index (χ1v) is 4.93. The molecule has 3 nitrogen and oxygen atoms in total. The third kappa shape index (κ3) is 2.03. The Morgan fingerprint density at radius 2 is 2.20 bits per heavy atom. The fourth-order valence-corrected chi connectivity index (χ4v) is 2.38. The molecule has 0 aromatic heterocycles. The molecule has 0 bridgehead atoms. The number of halogens is 3. The molecule has 1 heterocycles. The molecule has 1 N–H and O–H groups in total. The second kappa shape index (κ2) is 3.28. The van der Waals surface area contributed by atoms with Crippen LogP contribution in [0.3, 0.4) is 0 Å². The molecule has 15 heavy (non-hydrogen) atoms. The summed E-state index contributed by atoms with van der Waals surface area (Å²) in [4.78, 5) is 10.9. The van der Waals surface area contributed by atoms with Gasteiger partial charge >= 0.3 is 12.3 Å². The minimum Gasteiger partial charge on any atom is -0.447 e. The van der Waals surface area contributed by atoms with E-state index < -0.39 is 23.7 Å². The maximum atomic E-state index is 12.5. The second-order valence-electron chi connectivity index (χ2n) is 4.32. The van der Waals surface area contributed by atoms with Gasteiger partial charge in [-0.2, -0.15) is 13.2 Å². The highest BCUT2D eigenvalue weighted by atomic mass is 19.4. The predicted octanol–water partition coefficient (Wildman–Crippen LogP) is 2.22. The van der Waals surface area contributed by atoms with Gasteiger partial charge in [-0.15, -0.1) is 0 Å². The summed E-state index contributed by atoms with van der Waals surface area (Å²) in [5.74, 6) is -1.31. The third-order valence-corrected chi connectivity index (χ3v) is 3.15. The monoisotopic (exact) mass is 223 g/mol. The zero-order chi connectivity index (χ0) is 11.1. The normalized spacial score (nSPS) is 36.5. The number of ether oxygens (including phenoxy) is 1. The minimum absolute atomic E-state index is 0.0533. The van der Waals surface area contributed by atoms with E-state index in [-0.39, 0.29) is 19.4 Å². The van der Waals surface area contributed by atoms with Crippen molar-refractivity contribution in [3.8, 4) is 0 Å². The second-order valence-corrected chi connectivity index (χ2v) is 4.32. The SMILES string of the molecule is O=C1NC2(CCCC(C(F)(F)F)C2)CO1. The summed E-state index contributed by atoms with van der Waals surface area (Å²) in [6.45, 7) is 0.0679. The van der Waals surface area contributed by atoms with E-state index in [4.69, 9.17) is 0 Å². The summed E-state index contributed by atoms with van der Waals surface area (Å²) < 4.78 is 42.3. The Balaban J connectivity index is 2.07. The van der Waals surface area contributed by atoms with Gasteiger partial charge in [0.05, 0.1) is 11.5 Å². The number of alkyl halides is 3. The van der Waals surface area contributed by atoms with Gasteiger partial charge in [-0.05, 0) is 19.3 Å². The molecule has 2 fully saturated rings. The molecular formula is C9H12F3NO2. The Bertz CT molecular complexity index is 279. The molecule has 0 radical (unpaired) electrons. The van der Waals surface area contributed by atoms with Gasteiger partial charge < -0.3 is 10.1 Å². The number of nitrogens with one attached hydrogen (secondary N) is 1. The van der Waals surface area contributed by atoms with Gasteiger partial charge in [0.1, 0.15) is 6.61 Å². The van der Waals surface area contributed by atoms with Gasteiger partial charge in [0.15, 0.2) is 0 Å². The summed E-state index contributed by atoms with van der Waals surface area (Å²) >= 11 is 0. The van der Waals surface area contributed by atoms with Crippen LogP contribution in [0.5, 0.6) is 0 Å². The summed E-state index contributed by atoms with van der Waals surface area (Å²) in [7, 11) is 0. The first-order chi connectivity index (χ1) is 6.91. The first kappa shape index (κ1) is 10.6. The molecule has 2 rings (SSSR count). The lowest BCUT2D eigenvalue weighted by Crippen LogP contribution is -2.49. The van der Waals surface area contributed by atoms with Crippen molar-refractivity contribution in [1.82, 2.24) is 5.32 Å². The number of carbonyl (C=O) groups excluding carboxylic acids is 1. The van der Waals surface area contributed by atoms with Crippen molar-refractivity contribution in [3.05, 3.63) is 0 Å². The van der Waals surface area contributed by atoms with E-state index in [0.29, 0.717) is 12.8 Å². The van der Waals surface area contributed by atoms with Crippen LogP contribution in [0, 0.1) is 5.92 Å². The van der Waals surface area contributed by atoms with E-state index in [2.05, 4.69) is 10.1 Å². The largest absolute Gasteiger partial charge is 0.447 e. The van der Waals surface area contributed by atoms with Crippen molar-refractivity contribution in [3.63, 3.8) is 0 Å². The minimum atomic E-state index is -4.17. The molecule has 6 heteroatoms. The molecule has 2 unspecified atom stereocenters. The first-order valence-electron chi connectivity index (χ1n) is 4.93. The van der Waals surface area contributed by atoms with Crippen molar-refractivity contribution in [2.24, 2.45) is 5.92 Å². The van der Waals surface area contributed by atoms with E-state index in [1.807, 2.05) is 0 Å². The summed E-state index contributed by atoms with van der Waals surface area (Å²) in [5.41, 5.74) is -0.768. The van der Waals surface area contributed by atoms with Crippen molar-refractivity contribution in [2.45, 2.75) is 37.4 Å². The van der Waals surface area contributed by atoms with Crippen molar-refractivity contribution >= 4 is 6.09 Å². The van der Waals surface area contributed by atoms with Gasteiger partial charge in [-0.3, -0.25) is 0 Å². The lowest BCUT2D eigenvalue weighted by molar-refractivity contribution is -0.187. The van der Waals surface area contributed by atoms with Crippen LogP contribution in [0.25, 0.3) is 0 Å². The van der Waals surface area contributed by atoms with Gasteiger partial charge in [-0.25, -0.2) is 4.79 Å². The van der Waals surface area contributed by atoms with E-state index in [1.165, 1.54) is 0 Å². The van der Waals surface area contributed by atoms with Crippen molar-refractivity contribution in [1.29, 1.82) is 0 Å². The number of carbonyl (C=O) groups is 1. The van der Waals surface area contributed by atoms with E-state index in [1.54, 1.807) is 0 Å². The molecule has 1 spiro atoms. The van der Waals surface area contributed by atoms with E-state index in [0.717, 1.165) is 0 Å². The van der Waals surface area contributed by atoms with Crippen LogP contribution in [-0.2, 0) is 4.74 Å². The molecule has 0 aromatic rings. The number of hydrogen-bond acceptors (Lipinski definition) is 2. The smallest absolute Gasteiger partial charge is 0.407 e. The van der Waals surface area contributed by atoms with Gasteiger partial charge in [0, 0.05) is 0 Å². The zero-order valence-corrected chi connectivity index (χ0v) is 8.06. The number of amides is 1. The van der Waals surface area contributed by atoms with Gasteiger partial charge in [-0.1, -0.05) is 6.42 Å². The molecule has 2 atom stereocenters. The molecule has 0 aromatic carbocycles. The average Bonchev–Trinajstić information content (AvgIpc) is 2.46. The fourth-order valence-electron chi connectivity index (χ4n) is 2.38. The highest BCUT2D eigenvalue weighted by molar-refractivity contribution is 5.70. The fraction of sp³-hybridized carbons (Fsp3) is 0.889. The number of cyclic esters (lactones) is 1. The third-order valence-electron chi connectivity index (χ3n) is 3.15. The summed E-state index contributed by atoms with van der Waals surface area (Å²) in [6.07, 6.45) is -3.61. The van der Waals surface area contributed by atoms with Gasteiger partial charge in [0.2, 0.25) is 0 Å². The molecular weight excluding hydrogens is 211 g/mol. The quantitative estimate of drug-likeness (QED) is 0.683. The van der Waals surface area contributed by atoms with E-state index >= 15 is 0 Å². The number of hydrogen-bond donors (Lipinski definition) is 1. The molecule has 1 saturated heterocycles. The van der Waals surface area contributed by atoms with Crippen LogP contribution in [0.2, 0.25) is 0 Å². The maximum absolute atomic E-state index is 12.5. The highest BCUT2D eigenvalue weighted by Gasteiger charge is 2.50. The molecule has 1 aliphatic carbocycles. The average molecular weight is 223 g/mol. The Hall–Kier alpha value is -0.940. The van der Waals surface area contributed by atoms with Crippen LogP contribution in [0.4, 0.5) is 18.0 Å². The van der Waals surface area contributed by atoms with Crippen molar-refractivity contribution in [2.75, 3.05) is 6.61 Å². The standard InChI is InChI=1S/C9H12F3NO2/c10-9(11,12)6-2-1-3-8(4-6)5-15-7(14)13-8/h6H,1-5H2,(H,13,14). The summed E-state index contributed by atoms with van der Waals surface area (Å²) in [6, 6.07) is 0. The zero-order valence-electron chi connectivity index (χ0n) is 8.06. The van der Waals surface area contributed by atoms with Crippen molar-refractivity contribution < 1.29 is 22.7 Å². The Morgan fingerprint density at radius 3 is 2.73 bits per heavy atom. The number of rotatable bonds is 0. The number of alkyl carbamates (subject to hydrolysis) is 1. The Labute approximate surface area is 85.0 Å². The van der Waals surface area contributed by atoms with Crippen LogP contribution >= 0.6 is 0 Å². The van der Waals surface area contributed by atoms with Crippen LogP contribution in [0.15, 0.2) is 0 Å². The molecule has 2 aliphatic rings. The Kier molecular flexibility index (Phi) is 2.31. The topological polar surface area (TPSA) is 38.3 Å². The van der Waals surface area contributed by atoms with E-state index in [9.17, 15) is 18.0 Å². The molecule has 86 valence electrons. The van der Waals surface area contributed by atoms with Crippen LogP contribution < -0.4 is 5.32 Å². The lowest BCUT2D eigenvalue weighted by Gasteiger charge is -2.36. The summed E-state index contributed by atoms with van der Waals surface area (Å²) in [5, 5.41) is 2.51. The van der Waals surface area contributed by atoms with Crippen LogP contribution in [-0.4, -0.2) is 24.4 Å². The Morgan fingerprint density at radius 1 is 1.47 bits per heavy atom. The lowest BCUT2D eigenvalue weighted by atomic mass is 9.76. The molecule has 1 amide bonds. The predicted molar refractivity (Wildman–Crippen MR) is 45.2 cm³/mol.